The van der Waals surface area contributed by atoms with Crippen molar-refractivity contribution in [3.05, 3.63) is 35.6 Å². The molecule has 2 atom stereocenters. The second kappa shape index (κ2) is 5.94. The number of halogens is 1. The molecule has 2 unspecified atom stereocenters. The Morgan fingerprint density at radius 2 is 2.18 bits per heavy atom. The lowest BCUT2D eigenvalue weighted by molar-refractivity contribution is 0.0632. The lowest BCUT2D eigenvalue weighted by Crippen LogP contribution is -2.46. The van der Waals surface area contributed by atoms with Crippen molar-refractivity contribution < 1.29 is 9.21 Å². The number of rotatable bonds is 1. The van der Waals surface area contributed by atoms with Crippen LogP contribution >= 0.6 is 12.4 Å². The van der Waals surface area contributed by atoms with Gasteiger partial charge in [-0.25, -0.2) is 0 Å². The van der Waals surface area contributed by atoms with Crippen molar-refractivity contribution in [2.45, 2.75) is 25.8 Å². The van der Waals surface area contributed by atoms with Crippen LogP contribution in [0.15, 0.2) is 28.7 Å². The fraction of sp³-hybridized carbons (Fsp3) is 0.471. The number of fused-ring (bicyclic) bond motifs is 2. The van der Waals surface area contributed by atoms with Crippen LogP contribution in [0.4, 0.5) is 0 Å². The number of amides is 1. The molecule has 2 saturated heterocycles. The Morgan fingerprint density at radius 1 is 1.32 bits per heavy atom. The zero-order chi connectivity index (χ0) is 14.4. The molecule has 0 spiro atoms. The lowest BCUT2D eigenvalue weighted by Gasteiger charge is -2.34. The van der Waals surface area contributed by atoms with E-state index in [0.717, 1.165) is 37.0 Å². The average molecular weight is 321 g/mol. The molecule has 0 saturated carbocycles. The van der Waals surface area contributed by atoms with Gasteiger partial charge in [0.1, 0.15) is 5.58 Å². The Bertz CT molecular complexity index is 697. The highest BCUT2D eigenvalue weighted by atomic mass is 35.5. The van der Waals surface area contributed by atoms with Gasteiger partial charge >= 0.3 is 0 Å². The van der Waals surface area contributed by atoms with Crippen molar-refractivity contribution >= 4 is 29.3 Å². The van der Waals surface area contributed by atoms with Crippen LogP contribution < -0.4 is 5.32 Å². The summed E-state index contributed by atoms with van der Waals surface area (Å²) in [5.74, 6) is 1.11. The summed E-state index contributed by atoms with van der Waals surface area (Å²) in [5, 5.41) is 4.53. The molecule has 2 aliphatic heterocycles. The SMILES string of the molecule is Cc1ccc2oc(C(=O)N3CCC4NCCC4C3)cc2c1.Cl. The molecule has 2 aliphatic rings. The van der Waals surface area contributed by atoms with E-state index in [4.69, 9.17) is 4.42 Å². The smallest absolute Gasteiger partial charge is 0.289 e. The van der Waals surface area contributed by atoms with Crippen molar-refractivity contribution in [3.63, 3.8) is 0 Å². The van der Waals surface area contributed by atoms with Gasteiger partial charge < -0.3 is 14.6 Å². The van der Waals surface area contributed by atoms with Crippen LogP contribution in [0, 0.1) is 12.8 Å². The standard InChI is InChI=1S/C17H20N2O2.ClH/c1-11-2-3-15-13(8-11)9-16(21-15)17(20)19-7-5-14-12(10-19)4-6-18-14;/h2-3,8-9,12,14,18H,4-7,10H2,1H3;1H. The minimum absolute atomic E-state index is 0. The molecule has 0 bridgehead atoms. The fourth-order valence-electron chi connectivity index (χ4n) is 3.66. The van der Waals surface area contributed by atoms with E-state index in [0.29, 0.717) is 17.7 Å². The van der Waals surface area contributed by atoms with E-state index < -0.39 is 0 Å². The van der Waals surface area contributed by atoms with Crippen molar-refractivity contribution in [1.29, 1.82) is 0 Å². The topological polar surface area (TPSA) is 45.5 Å². The first-order valence-corrected chi connectivity index (χ1v) is 7.73. The summed E-state index contributed by atoms with van der Waals surface area (Å²) >= 11 is 0. The molecule has 1 amide bonds. The van der Waals surface area contributed by atoms with E-state index in [1.807, 2.05) is 30.0 Å². The van der Waals surface area contributed by atoms with Gasteiger partial charge in [0.15, 0.2) is 5.76 Å². The van der Waals surface area contributed by atoms with E-state index in [2.05, 4.69) is 11.4 Å². The van der Waals surface area contributed by atoms with Gasteiger partial charge in [0, 0.05) is 24.5 Å². The maximum atomic E-state index is 12.7. The van der Waals surface area contributed by atoms with Crippen LogP contribution in [0.1, 0.15) is 29.0 Å². The minimum Gasteiger partial charge on any atom is -0.451 e. The highest BCUT2D eigenvalue weighted by Crippen LogP contribution is 2.27. The molecule has 2 aromatic rings. The maximum absolute atomic E-state index is 12.7. The predicted molar refractivity (Wildman–Crippen MR) is 88.6 cm³/mol. The molecule has 0 radical (unpaired) electrons. The molecule has 0 aliphatic carbocycles. The minimum atomic E-state index is 0. The van der Waals surface area contributed by atoms with Gasteiger partial charge in [-0.05, 0) is 50.4 Å². The van der Waals surface area contributed by atoms with E-state index in [-0.39, 0.29) is 18.3 Å². The number of hydrogen-bond donors (Lipinski definition) is 1. The molecule has 1 N–H and O–H groups in total. The first-order valence-electron chi connectivity index (χ1n) is 7.73. The van der Waals surface area contributed by atoms with Crippen LogP contribution in [0.5, 0.6) is 0 Å². The Hall–Kier alpha value is -1.52. The van der Waals surface area contributed by atoms with E-state index in [1.54, 1.807) is 0 Å². The normalized spacial score (nSPS) is 24.1. The number of furan rings is 1. The van der Waals surface area contributed by atoms with Crippen LogP contribution in [0.3, 0.4) is 0 Å². The van der Waals surface area contributed by atoms with Crippen molar-refractivity contribution in [1.82, 2.24) is 10.2 Å². The van der Waals surface area contributed by atoms with Crippen LogP contribution in [0.25, 0.3) is 11.0 Å². The number of benzene rings is 1. The summed E-state index contributed by atoms with van der Waals surface area (Å²) in [7, 11) is 0. The number of aryl methyl sites for hydroxylation is 1. The highest BCUT2D eigenvalue weighted by Gasteiger charge is 2.35. The first-order chi connectivity index (χ1) is 10.2. The van der Waals surface area contributed by atoms with Crippen molar-refractivity contribution in [3.8, 4) is 0 Å². The Kier molecular flexibility index (Phi) is 4.15. The quantitative estimate of drug-likeness (QED) is 0.878. The van der Waals surface area contributed by atoms with Gasteiger partial charge in [0.2, 0.25) is 0 Å². The van der Waals surface area contributed by atoms with Gasteiger partial charge in [-0.3, -0.25) is 4.79 Å². The molecular formula is C17H21ClN2O2. The van der Waals surface area contributed by atoms with E-state index >= 15 is 0 Å². The third kappa shape index (κ3) is 2.61. The zero-order valence-corrected chi connectivity index (χ0v) is 13.5. The summed E-state index contributed by atoms with van der Waals surface area (Å²) < 4.78 is 5.74. The lowest BCUT2D eigenvalue weighted by atomic mass is 9.93. The van der Waals surface area contributed by atoms with Gasteiger partial charge in [-0.1, -0.05) is 11.6 Å². The number of nitrogens with zero attached hydrogens (tertiary/aromatic N) is 1. The first kappa shape index (κ1) is 15.4. The molecular weight excluding hydrogens is 300 g/mol. The summed E-state index contributed by atoms with van der Waals surface area (Å²) in [6.07, 6.45) is 2.23. The molecule has 4 rings (SSSR count). The summed E-state index contributed by atoms with van der Waals surface area (Å²) in [6, 6.07) is 8.49. The second-order valence-electron chi connectivity index (χ2n) is 6.30. The van der Waals surface area contributed by atoms with Gasteiger partial charge in [0.05, 0.1) is 0 Å². The molecule has 1 aromatic carbocycles. The number of carbonyl (C=O) groups is 1. The number of hydrogen-bond acceptors (Lipinski definition) is 3. The molecule has 118 valence electrons. The number of nitrogens with one attached hydrogen (secondary N) is 1. The molecule has 2 fully saturated rings. The summed E-state index contributed by atoms with van der Waals surface area (Å²) in [4.78, 5) is 14.6. The van der Waals surface area contributed by atoms with Gasteiger partial charge in [-0.15, -0.1) is 12.4 Å². The largest absolute Gasteiger partial charge is 0.451 e. The maximum Gasteiger partial charge on any atom is 0.289 e. The Labute approximate surface area is 136 Å². The molecule has 4 nitrogen and oxygen atoms in total. The number of likely N-dealkylation sites (tertiary alicyclic amines) is 1. The zero-order valence-electron chi connectivity index (χ0n) is 12.7. The van der Waals surface area contributed by atoms with Gasteiger partial charge in [-0.2, -0.15) is 0 Å². The van der Waals surface area contributed by atoms with Crippen molar-refractivity contribution in [2.24, 2.45) is 5.92 Å². The summed E-state index contributed by atoms with van der Waals surface area (Å²) in [6.45, 7) is 4.81. The molecule has 3 heterocycles. The van der Waals surface area contributed by atoms with Crippen LogP contribution in [-0.4, -0.2) is 36.5 Å². The average Bonchev–Trinajstić information content (AvgIpc) is 3.11. The molecule has 22 heavy (non-hydrogen) atoms. The van der Waals surface area contributed by atoms with E-state index in [9.17, 15) is 4.79 Å². The molecule has 5 heteroatoms. The highest BCUT2D eigenvalue weighted by molar-refractivity contribution is 5.96. The molecule has 1 aromatic heterocycles. The number of piperidine rings is 1. The fourth-order valence-corrected chi connectivity index (χ4v) is 3.66. The third-order valence-electron chi connectivity index (χ3n) is 4.83. The van der Waals surface area contributed by atoms with Crippen LogP contribution in [-0.2, 0) is 0 Å². The van der Waals surface area contributed by atoms with Crippen molar-refractivity contribution in [2.75, 3.05) is 19.6 Å². The summed E-state index contributed by atoms with van der Waals surface area (Å²) in [5.41, 5.74) is 1.97. The number of carbonyl (C=O) groups excluding carboxylic acids is 1. The van der Waals surface area contributed by atoms with E-state index in [1.165, 1.54) is 12.0 Å². The monoisotopic (exact) mass is 320 g/mol. The Balaban J connectivity index is 0.00000144. The third-order valence-corrected chi connectivity index (χ3v) is 4.83. The van der Waals surface area contributed by atoms with Gasteiger partial charge in [0.25, 0.3) is 5.91 Å². The Morgan fingerprint density at radius 3 is 3.05 bits per heavy atom. The second-order valence-corrected chi connectivity index (χ2v) is 6.30. The predicted octanol–water partition coefficient (Wildman–Crippen LogP) is 2.99. The van der Waals surface area contributed by atoms with Crippen LogP contribution in [0.2, 0.25) is 0 Å².